The number of nitrogens with zero attached hydrogens (tertiary/aromatic N) is 1. The number of hydrogen-bond donors (Lipinski definition) is 0. The normalized spacial score (nSPS) is 13.7. The van der Waals surface area contributed by atoms with Crippen molar-refractivity contribution in [2.75, 3.05) is 4.31 Å². The molecule has 0 radical (unpaired) electrons. The maximum atomic E-state index is 12.9. The third-order valence-electron chi connectivity index (χ3n) is 4.44. The number of sulfonamides is 1. The summed E-state index contributed by atoms with van der Waals surface area (Å²) >= 11 is 0. The van der Waals surface area contributed by atoms with Crippen molar-refractivity contribution < 1.29 is 13.2 Å². The molecule has 5 heteroatoms. The molecule has 0 bridgehead atoms. The van der Waals surface area contributed by atoms with Crippen LogP contribution in [-0.4, -0.2) is 14.3 Å². The predicted octanol–water partition coefficient (Wildman–Crippen LogP) is 3.77. The van der Waals surface area contributed by atoms with Gasteiger partial charge in [-0.25, -0.2) is 12.7 Å². The molecule has 0 fully saturated rings. The van der Waals surface area contributed by atoms with Crippen LogP contribution in [0.5, 0.6) is 0 Å². The van der Waals surface area contributed by atoms with Crippen LogP contribution in [0.15, 0.2) is 78.9 Å². The van der Waals surface area contributed by atoms with Crippen LogP contribution in [0.2, 0.25) is 0 Å². The van der Waals surface area contributed by atoms with Crippen LogP contribution in [0, 0.1) is 0 Å². The number of rotatable bonds is 4. The predicted molar refractivity (Wildman–Crippen MR) is 102 cm³/mol. The largest absolute Gasteiger partial charge is 0.273 e. The molecule has 4 nitrogen and oxygen atoms in total. The molecule has 0 unspecified atom stereocenters. The van der Waals surface area contributed by atoms with Crippen molar-refractivity contribution >= 4 is 21.6 Å². The molecule has 0 atom stereocenters. The molecule has 130 valence electrons. The second-order valence-electron chi connectivity index (χ2n) is 6.29. The monoisotopic (exact) mass is 363 g/mol. The van der Waals surface area contributed by atoms with Crippen molar-refractivity contribution in [3.8, 4) is 11.1 Å². The first kappa shape index (κ1) is 16.5. The lowest BCUT2D eigenvalue weighted by atomic mass is 10.0. The van der Waals surface area contributed by atoms with Crippen LogP contribution in [0.1, 0.15) is 11.1 Å². The van der Waals surface area contributed by atoms with Crippen molar-refractivity contribution in [3.63, 3.8) is 0 Å². The average Bonchev–Trinajstić information content (AvgIpc) is 2.99. The highest BCUT2D eigenvalue weighted by Gasteiger charge is 2.36. The van der Waals surface area contributed by atoms with E-state index in [0.29, 0.717) is 11.3 Å². The molecule has 0 saturated carbocycles. The van der Waals surface area contributed by atoms with Crippen LogP contribution in [0.3, 0.4) is 0 Å². The minimum absolute atomic E-state index is 0.124. The fourth-order valence-corrected chi connectivity index (χ4v) is 4.86. The van der Waals surface area contributed by atoms with Crippen LogP contribution in [0.25, 0.3) is 11.1 Å². The van der Waals surface area contributed by atoms with Gasteiger partial charge in [-0.15, -0.1) is 0 Å². The summed E-state index contributed by atoms with van der Waals surface area (Å²) in [6, 6.07) is 24.2. The topological polar surface area (TPSA) is 54.5 Å². The minimum atomic E-state index is -3.79. The highest BCUT2D eigenvalue weighted by molar-refractivity contribution is 7.92. The molecule has 4 rings (SSSR count). The summed E-state index contributed by atoms with van der Waals surface area (Å²) in [4.78, 5) is 12.3. The zero-order valence-corrected chi connectivity index (χ0v) is 14.8. The van der Waals surface area contributed by atoms with Gasteiger partial charge in [-0.2, -0.15) is 0 Å². The standard InChI is InChI=1S/C21H17NO3S/c23-21-14-19-10-4-5-12-20(19)22(21)26(24,25)15-16-7-6-11-18(13-16)17-8-2-1-3-9-17/h1-13H,14-15H2. The van der Waals surface area contributed by atoms with E-state index in [4.69, 9.17) is 0 Å². The lowest BCUT2D eigenvalue weighted by Crippen LogP contribution is -2.34. The Labute approximate surface area is 152 Å². The maximum absolute atomic E-state index is 12.9. The third-order valence-corrected chi connectivity index (χ3v) is 6.09. The first-order valence-corrected chi connectivity index (χ1v) is 9.94. The van der Waals surface area contributed by atoms with Gasteiger partial charge >= 0.3 is 0 Å². The minimum Gasteiger partial charge on any atom is -0.273 e. The average molecular weight is 363 g/mol. The molecule has 1 aliphatic heterocycles. The number of hydrogen-bond acceptors (Lipinski definition) is 3. The van der Waals surface area contributed by atoms with Gasteiger partial charge in [0.1, 0.15) is 0 Å². The van der Waals surface area contributed by atoms with E-state index in [1.54, 1.807) is 24.3 Å². The number of carbonyl (C=O) groups is 1. The molecule has 0 saturated heterocycles. The molecule has 0 aromatic heterocycles. The van der Waals surface area contributed by atoms with Gasteiger partial charge in [-0.3, -0.25) is 4.79 Å². The number of amides is 1. The molecule has 1 heterocycles. The van der Waals surface area contributed by atoms with Crippen LogP contribution in [0.4, 0.5) is 5.69 Å². The number of anilines is 1. The summed E-state index contributed by atoms with van der Waals surface area (Å²) < 4.78 is 26.8. The molecule has 0 N–H and O–H groups in total. The third kappa shape index (κ3) is 3.02. The van der Waals surface area contributed by atoms with Crippen molar-refractivity contribution in [2.24, 2.45) is 0 Å². The summed E-state index contributed by atoms with van der Waals surface area (Å²) in [5.74, 6) is -0.612. The van der Waals surface area contributed by atoms with Gasteiger partial charge in [0.15, 0.2) is 0 Å². The molecular formula is C21H17NO3S. The van der Waals surface area contributed by atoms with Crippen LogP contribution < -0.4 is 4.31 Å². The van der Waals surface area contributed by atoms with Gasteiger partial charge in [0.2, 0.25) is 15.9 Å². The lowest BCUT2D eigenvalue weighted by Gasteiger charge is -2.18. The van der Waals surface area contributed by atoms with Gasteiger partial charge in [-0.1, -0.05) is 72.8 Å². The molecule has 1 aliphatic rings. The van der Waals surface area contributed by atoms with E-state index in [1.165, 1.54) is 0 Å². The van der Waals surface area contributed by atoms with Crippen molar-refractivity contribution in [3.05, 3.63) is 90.0 Å². The highest BCUT2D eigenvalue weighted by atomic mass is 32.2. The maximum Gasteiger partial charge on any atom is 0.245 e. The fraction of sp³-hybridized carbons (Fsp3) is 0.0952. The van der Waals surface area contributed by atoms with Crippen molar-refractivity contribution in [1.29, 1.82) is 0 Å². The quantitative estimate of drug-likeness (QED) is 0.709. The zero-order chi connectivity index (χ0) is 18.1. The Hall–Kier alpha value is -2.92. The molecule has 1 amide bonds. The molecule has 0 spiro atoms. The number of carbonyl (C=O) groups excluding carboxylic acids is 1. The van der Waals surface area contributed by atoms with E-state index < -0.39 is 15.9 Å². The number of benzene rings is 3. The van der Waals surface area contributed by atoms with Gasteiger partial charge in [0.25, 0.3) is 0 Å². The molecular weight excluding hydrogens is 346 g/mol. The molecule has 0 aliphatic carbocycles. The molecule has 3 aromatic carbocycles. The first-order chi connectivity index (χ1) is 12.5. The molecule has 3 aromatic rings. The van der Waals surface area contributed by atoms with Gasteiger partial charge in [0, 0.05) is 0 Å². The Morgan fingerprint density at radius 2 is 1.50 bits per heavy atom. The summed E-state index contributed by atoms with van der Waals surface area (Å²) in [6.45, 7) is 0. The second-order valence-corrected chi connectivity index (χ2v) is 8.10. The van der Waals surface area contributed by atoms with Crippen LogP contribution in [-0.2, 0) is 27.0 Å². The molecule has 26 heavy (non-hydrogen) atoms. The smallest absolute Gasteiger partial charge is 0.245 e. The van der Waals surface area contributed by atoms with E-state index in [9.17, 15) is 13.2 Å². The summed E-state index contributed by atoms with van der Waals surface area (Å²) in [6.07, 6.45) is 0.124. The van der Waals surface area contributed by atoms with E-state index in [-0.39, 0.29) is 12.2 Å². The first-order valence-electron chi connectivity index (χ1n) is 8.33. The summed E-state index contributed by atoms with van der Waals surface area (Å²) in [7, 11) is -3.79. The van der Waals surface area contributed by atoms with Crippen LogP contribution >= 0.6 is 0 Å². The Balaban J connectivity index is 1.66. The summed E-state index contributed by atoms with van der Waals surface area (Å²) in [5, 5.41) is 0. The van der Waals surface area contributed by atoms with Gasteiger partial charge in [-0.05, 0) is 28.3 Å². The zero-order valence-electron chi connectivity index (χ0n) is 14.0. The van der Waals surface area contributed by atoms with E-state index >= 15 is 0 Å². The second kappa shape index (κ2) is 6.42. The number of para-hydroxylation sites is 1. The number of fused-ring (bicyclic) bond motifs is 1. The fourth-order valence-electron chi connectivity index (χ4n) is 3.28. The van der Waals surface area contributed by atoms with Gasteiger partial charge in [0.05, 0.1) is 17.9 Å². The Bertz CT molecular complexity index is 1080. The summed E-state index contributed by atoms with van der Waals surface area (Å²) in [5.41, 5.74) is 3.85. The van der Waals surface area contributed by atoms with E-state index in [0.717, 1.165) is 21.0 Å². The van der Waals surface area contributed by atoms with Gasteiger partial charge < -0.3 is 0 Å². The van der Waals surface area contributed by atoms with E-state index in [2.05, 4.69) is 0 Å². The Morgan fingerprint density at radius 3 is 2.31 bits per heavy atom. The Morgan fingerprint density at radius 1 is 0.808 bits per heavy atom. The van der Waals surface area contributed by atoms with E-state index in [1.807, 2.05) is 54.6 Å². The lowest BCUT2D eigenvalue weighted by molar-refractivity contribution is -0.116. The SMILES string of the molecule is O=C1Cc2ccccc2N1S(=O)(=O)Cc1cccc(-c2ccccc2)c1. The Kier molecular flexibility index (Phi) is 4.09. The highest BCUT2D eigenvalue weighted by Crippen LogP contribution is 2.32. The van der Waals surface area contributed by atoms with Crippen molar-refractivity contribution in [1.82, 2.24) is 0 Å². The van der Waals surface area contributed by atoms with Crippen molar-refractivity contribution in [2.45, 2.75) is 12.2 Å².